The zero-order valence-corrected chi connectivity index (χ0v) is 11.9. The van der Waals surface area contributed by atoms with Crippen LogP contribution in [-0.4, -0.2) is 10.2 Å². The lowest BCUT2D eigenvalue weighted by atomic mass is 10.1. The summed E-state index contributed by atoms with van der Waals surface area (Å²) in [4.78, 5) is 0. The lowest BCUT2D eigenvalue weighted by Crippen LogP contribution is -1.96. The van der Waals surface area contributed by atoms with Crippen LogP contribution in [0.25, 0.3) is 10.8 Å². The molecule has 2 aromatic carbocycles. The topological polar surface area (TPSA) is 61.6 Å². The number of rotatable bonds is 2. The molecule has 0 amide bonds. The smallest absolute Gasteiger partial charge is 0.163 e. The second-order valence-electron chi connectivity index (χ2n) is 4.25. The molecule has 0 radical (unpaired) electrons. The van der Waals surface area contributed by atoms with Crippen LogP contribution in [0.4, 0.5) is 11.5 Å². The molecule has 0 bridgehead atoms. The van der Waals surface area contributed by atoms with Crippen molar-refractivity contribution in [3.05, 3.63) is 58.7 Å². The van der Waals surface area contributed by atoms with Gasteiger partial charge in [0.2, 0.25) is 0 Å². The third-order valence-corrected chi connectivity index (χ3v) is 3.35. The molecular weight excluding hydrogens is 316 g/mol. The summed E-state index contributed by atoms with van der Waals surface area (Å²) in [5, 5.41) is 21.9. The number of halogens is 1. The number of hydrogen-bond donors (Lipinski definition) is 1. The Morgan fingerprint density at radius 1 is 0.950 bits per heavy atom. The molecular formula is C15H9BrN4. The van der Waals surface area contributed by atoms with Gasteiger partial charge in [-0.25, -0.2) is 0 Å². The van der Waals surface area contributed by atoms with Crippen molar-refractivity contribution in [1.82, 2.24) is 10.2 Å². The van der Waals surface area contributed by atoms with E-state index >= 15 is 0 Å². The molecule has 0 aliphatic rings. The Morgan fingerprint density at radius 2 is 1.75 bits per heavy atom. The van der Waals surface area contributed by atoms with Gasteiger partial charge >= 0.3 is 0 Å². The Labute approximate surface area is 124 Å². The number of hydrogen-bond acceptors (Lipinski definition) is 4. The van der Waals surface area contributed by atoms with Crippen LogP contribution in [0.15, 0.2) is 53.0 Å². The summed E-state index contributed by atoms with van der Waals surface area (Å²) < 4.78 is 1.06. The standard InChI is InChI=1S/C15H9BrN4/c16-12-3-1-11-8-13(4-2-10(11)7-12)18-15-6-5-14(9-17)19-20-15/h1-8H,(H,18,20). The highest BCUT2D eigenvalue weighted by Crippen LogP contribution is 2.24. The maximum absolute atomic E-state index is 8.68. The van der Waals surface area contributed by atoms with Crippen molar-refractivity contribution in [3.63, 3.8) is 0 Å². The first-order valence-electron chi connectivity index (χ1n) is 5.95. The van der Waals surface area contributed by atoms with Crippen molar-refractivity contribution < 1.29 is 0 Å². The lowest BCUT2D eigenvalue weighted by molar-refractivity contribution is 1.01. The van der Waals surface area contributed by atoms with E-state index in [4.69, 9.17) is 5.26 Å². The van der Waals surface area contributed by atoms with Crippen molar-refractivity contribution in [1.29, 1.82) is 5.26 Å². The van der Waals surface area contributed by atoms with E-state index in [1.807, 2.05) is 30.3 Å². The van der Waals surface area contributed by atoms with Crippen LogP contribution in [0.1, 0.15) is 5.69 Å². The Kier molecular flexibility index (Phi) is 3.32. The van der Waals surface area contributed by atoms with Crippen LogP contribution >= 0.6 is 15.9 Å². The molecule has 0 atom stereocenters. The van der Waals surface area contributed by atoms with Gasteiger partial charge in [-0.15, -0.1) is 10.2 Å². The lowest BCUT2D eigenvalue weighted by Gasteiger charge is -2.06. The first-order valence-corrected chi connectivity index (χ1v) is 6.74. The third-order valence-electron chi connectivity index (χ3n) is 2.85. The van der Waals surface area contributed by atoms with Crippen LogP contribution in [0.5, 0.6) is 0 Å². The van der Waals surface area contributed by atoms with E-state index in [1.165, 1.54) is 0 Å². The highest BCUT2D eigenvalue weighted by atomic mass is 79.9. The monoisotopic (exact) mass is 324 g/mol. The maximum Gasteiger partial charge on any atom is 0.163 e. The number of fused-ring (bicyclic) bond motifs is 1. The van der Waals surface area contributed by atoms with Crippen LogP contribution in [0.3, 0.4) is 0 Å². The largest absolute Gasteiger partial charge is 0.339 e. The molecule has 1 aromatic heterocycles. The fourth-order valence-electron chi connectivity index (χ4n) is 1.90. The number of nitrogens with one attached hydrogen (secondary N) is 1. The number of benzene rings is 2. The van der Waals surface area contributed by atoms with Gasteiger partial charge in [0.1, 0.15) is 6.07 Å². The van der Waals surface area contributed by atoms with E-state index in [9.17, 15) is 0 Å². The molecule has 0 aliphatic heterocycles. The minimum atomic E-state index is 0.305. The van der Waals surface area contributed by atoms with Gasteiger partial charge in [0.05, 0.1) is 0 Å². The summed E-state index contributed by atoms with van der Waals surface area (Å²) >= 11 is 3.46. The second kappa shape index (κ2) is 5.27. The molecule has 0 aliphatic carbocycles. The number of aromatic nitrogens is 2. The molecule has 4 nitrogen and oxygen atoms in total. The molecule has 0 saturated heterocycles. The summed E-state index contributed by atoms with van der Waals surface area (Å²) in [5.74, 6) is 0.612. The first-order chi connectivity index (χ1) is 9.74. The predicted molar refractivity (Wildman–Crippen MR) is 81.7 cm³/mol. The van der Waals surface area contributed by atoms with Crippen molar-refractivity contribution >= 4 is 38.2 Å². The fraction of sp³-hybridized carbons (Fsp3) is 0. The maximum atomic E-state index is 8.68. The summed E-state index contributed by atoms with van der Waals surface area (Å²) in [6.45, 7) is 0. The van der Waals surface area contributed by atoms with E-state index in [0.29, 0.717) is 11.5 Å². The van der Waals surface area contributed by atoms with Crippen molar-refractivity contribution in [3.8, 4) is 6.07 Å². The van der Waals surface area contributed by atoms with Crippen LogP contribution in [0.2, 0.25) is 0 Å². The Hall–Kier alpha value is -2.45. The molecule has 1 heterocycles. The summed E-state index contributed by atoms with van der Waals surface area (Å²) in [6, 6.07) is 17.5. The van der Waals surface area contributed by atoms with Gasteiger partial charge in [-0.2, -0.15) is 5.26 Å². The van der Waals surface area contributed by atoms with E-state index in [0.717, 1.165) is 20.9 Å². The third kappa shape index (κ3) is 2.60. The van der Waals surface area contributed by atoms with Crippen molar-refractivity contribution in [2.45, 2.75) is 0 Å². The fourth-order valence-corrected chi connectivity index (χ4v) is 2.28. The molecule has 0 fully saturated rings. The number of nitrogens with zero attached hydrogens (tertiary/aromatic N) is 3. The van der Waals surface area contributed by atoms with Gasteiger partial charge in [-0.05, 0) is 47.2 Å². The molecule has 3 aromatic rings. The highest BCUT2D eigenvalue weighted by Gasteiger charge is 2.00. The van der Waals surface area contributed by atoms with E-state index in [1.54, 1.807) is 12.1 Å². The van der Waals surface area contributed by atoms with Gasteiger partial charge in [-0.1, -0.05) is 28.1 Å². The Balaban J connectivity index is 1.90. The average molecular weight is 325 g/mol. The van der Waals surface area contributed by atoms with Gasteiger partial charge in [0.15, 0.2) is 11.5 Å². The van der Waals surface area contributed by atoms with Crippen molar-refractivity contribution in [2.24, 2.45) is 0 Å². The molecule has 1 N–H and O–H groups in total. The van der Waals surface area contributed by atoms with Crippen molar-refractivity contribution in [2.75, 3.05) is 5.32 Å². The minimum absolute atomic E-state index is 0.305. The van der Waals surface area contributed by atoms with Gasteiger partial charge in [-0.3, -0.25) is 0 Å². The molecule has 0 spiro atoms. The average Bonchev–Trinajstić information content (AvgIpc) is 2.48. The van der Waals surface area contributed by atoms with E-state index in [2.05, 4.69) is 43.6 Å². The Bertz CT molecular complexity index is 806. The molecule has 20 heavy (non-hydrogen) atoms. The molecule has 3 rings (SSSR count). The van der Waals surface area contributed by atoms with Gasteiger partial charge < -0.3 is 5.32 Å². The Morgan fingerprint density at radius 3 is 2.50 bits per heavy atom. The van der Waals surface area contributed by atoms with Crippen LogP contribution in [-0.2, 0) is 0 Å². The minimum Gasteiger partial charge on any atom is -0.339 e. The predicted octanol–water partition coefficient (Wildman–Crippen LogP) is 4.01. The summed E-state index contributed by atoms with van der Waals surface area (Å²) in [5.41, 5.74) is 1.23. The summed E-state index contributed by atoms with van der Waals surface area (Å²) in [6.07, 6.45) is 0. The van der Waals surface area contributed by atoms with Crippen LogP contribution in [0, 0.1) is 11.3 Å². The highest BCUT2D eigenvalue weighted by molar-refractivity contribution is 9.10. The normalized spacial score (nSPS) is 10.2. The zero-order valence-electron chi connectivity index (χ0n) is 10.3. The van der Waals surface area contributed by atoms with Gasteiger partial charge in [0, 0.05) is 10.2 Å². The van der Waals surface area contributed by atoms with Crippen LogP contribution < -0.4 is 5.32 Å². The zero-order chi connectivity index (χ0) is 13.9. The number of anilines is 2. The van der Waals surface area contributed by atoms with E-state index < -0.39 is 0 Å². The molecule has 0 unspecified atom stereocenters. The second-order valence-corrected chi connectivity index (χ2v) is 5.16. The van der Waals surface area contributed by atoms with E-state index in [-0.39, 0.29) is 0 Å². The SMILES string of the molecule is N#Cc1ccc(Nc2ccc3cc(Br)ccc3c2)nn1. The first kappa shape index (κ1) is 12.6. The molecule has 5 heteroatoms. The summed E-state index contributed by atoms with van der Waals surface area (Å²) in [7, 11) is 0. The van der Waals surface area contributed by atoms with Gasteiger partial charge in [0.25, 0.3) is 0 Å². The molecule has 96 valence electrons. The molecule has 0 saturated carbocycles. The quantitative estimate of drug-likeness (QED) is 0.773. The number of nitriles is 1.